The molecule has 0 saturated heterocycles. The summed E-state index contributed by atoms with van der Waals surface area (Å²) in [5, 5.41) is 3.62. The molecule has 0 spiro atoms. The maximum absolute atomic E-state index is 5.96. The zero-order chi connectivity index (χ0) is 13.2. The first-order valence-corrected chi connectivity index (χ1v) is 7.75. The molecule has 3 unspecified atom stereocenters. The molecule has 2 aliphatic rings. The van der Waals surface area contributed by atoms with Crippen LogP contribution in [0.15, 0.2) is 22.7 Å². The molecule has 1 aromatic rings. The highest BCUT2D eigenvalue weighted by Gasteiger charge is 2.27. The van der Waals surface area contributed by atoms with Crippen LogP contribution in [-0.2, 0) is 11.2 Å². The van der Waals surface area contributed by atoms with Crippen LogP contribution in [-0.4, -0.2) is 31.9 Å². The van der Waals surface area contributed by atoms with E-state index in [4.69, 9.17) is 9.47 Å². The summed E-state index contributed by atoms with van der Waals surface area (Å²) < 4.78 is 12.5. The highest BCUT2D eigenvalue weighted by Crippen LogP contribution is 2.31. The van der Waals surface area contributed by atoms with Gasteiger partial charge < -0.3 is 14.8 Å². The highest BCUT2D eigenvalue weighted by atomic mass is 79.9. The molecule has 3 atom stereocenters. The molecule has 104 valence electrons. The lowest BCUT2D eigenvalue weighted by atomic mass is 10.1. The van der Waals surface area contributed by atoms with Gasteiger partial charge in [0.2, 0.25) is 0 Å². The van der Waals surface area contributed by atoms with Crippen molar-refractivity contribution < 1.29 is 9.47 Å². The predicted octanol–water partition coefficient (Wildman–Crippen LogP) is 2.91. The number of benzene rings is 1. The monoisotopic (exact) mass is 325 g/mol. The Morgan fingerprint density at radius 3 is 3.11 bits per heavy atom. The zero-order valence-electron chi connectivity index (χ0n) is 11.2. The summed E-state index contributed by atoms with van der Waals surface area (Å²) in [6.45, 7) is 0.924. The van der Waals surface area contributed by atoms with Crippen molar-refractivity contribution in [2.45, 2.75) is 43.9 Å². The molecule has 3 rings (SSSR count). The minimum absolute atomic E-state index is 0.269. The largest absolute Gasteiger partial charge is 0.488 e. The molecule has 0 amide bonds. The molecular weight excluding hydrogens is 306 g/mol. The van der Waals surface area contributed by atoms with Crippen molar-refractivity contribution in [2.75, 3.05) is 13.7 Å². The van der Waals surface area contributed by atoms with Crippen molar-refractivity contribution in [3.05, 3.63) is 28.2 Å². The summed E-state index contributed by atoms with van der Waals surface area (Å²) in [4.78, 5) is 0. The molecule has 4 heteroatoms. The molecule has 1 aliphatic carbocycles. The van der Waals surface area contributed by atoms with Crippen LogP contribution in [0.1, 0.15) is 24.8 Å². The van der Waals surface area contributed by atoms with Gasteiger partial charge in [-0.2, -0.15) is 0 Å². The third-order valence-corrected chi connectivity index (χ3v) is 4.61. The molecule has 1 aromatic carbocycles. The summed E-state index contributed by atoms with van der Waals surface area (Å²) in [6, 6.07) is 6.83. The van der Waals surface area contributed by atoms with E-state index in [0.29, 0.717) is 12.1 Å². The van der Waals surface area contributed by atoms with Crippen LogP contribution in [0.3, 0.4) is 0 Å². The number of methoxy groups -OCH3 is 1. The Bertz CT molecular complexity index is 452. The van der Waals surface area contributed by atoms with Crippen LogP contribution in [0.5, 0.6) is 5.75 Å². The fourth-order valence-corrected chi connectivity index (χ4v) is 3.45. The quantitative estimate of drug-likeness (QED) is 0.923. The average molecular weight is 326 g/mol. The third-order valence-electron chi connectivity index (χ3n) is 4.12. The minimum atomic E-state index is 0.269. The summed E-state index contributed by atoms with van der Waals surface area (Å²) >= 11 is 3.51. The van der Waals surface area contributed by atoms with Crippen LogP contribution in [0.25, 0.3) is 0 Å². The van der Waals surface area contributed by atoms with Crippen LogP contribution < -0.4 is 10.1 Å². The maximum Gasteiger partial charge on any atom is 0.123 e. The summed E-state index contributed by atoms with van der Waals surface area (Å²) in [5.74, 6) is 1.04. The molecule has 1 N–H and O–H groups in total. The van der Waals surface area contributed by atoms with Gasteiger partial charge in [-0.15, -0.1) is 0 Å². The van der Waals surface area contributed by atoms with Gasteiger partial charge in [-0.05, 0) is 43.0 Å². The fraction of sp³-hybridized carbons (Fsp3) is 0.600. The number of nitrogens with one attached hydrogen (secondary N) is 1. The number of ether oxygens (including phenoxy) is 2. The standard InChI is InChI=1S/C15H20BrNO2/c1-18-13-4-3-12(8-13)17-9-14-7-10-6-11(16)2-5-15(10)19-14/h2,5-6,12-14,17H,3-4,7-9H2,1H3. The van der Waals surface area contributed by atoms with Crippen molar-refractivity contribution in [2.24, 2.45) is 0 Å². The van der Waals surface area contributed by atoms with Gasteiger partial charge in [-0.25, -0.2) is 0 Å². The van der Waals surface area contributed by atoms with E-state index in [9.17, 15) is 0 Å². The van der Waals surface area contributed by atoms with Gasteiger partial charge in [-0.1, -0.05) is 15.9 Å². The highest BCUT2D eigenvalue weighted by molar-refractivity contribution is 9.10. The first-order valence-electron chi connectivity index (χ1n) is 6.96. The second-order valence-corrected chi connectivity index (χ2v) is 6.39. The fourth-order valence-electron chi connectivity index (χ4n) is 3.04. The normalized spacial score (nSPS) is 29.3. The second-order valence-electron chi connectivity index (χ2n) is 5.47. The van der Waals surface area contributed by atoms with Crippen LogP contribution in [0, 0.1) is 0 Å². The number of rotatable bonds is 4. The van der Waals surface area contributed by atoms with E-state index >= 15 is 0 Å². The molecule has 1 heterocycles. The van der Waals surface area contributed by atoms with E-state index < -0.39 is 0 Å². The summed E-state index contributed by atoms with van der Waals surface area (Å²) in [7, 11) is 1.81. The maximum atomic E-state index is 5.96. The lowest BCUT2D eigenvalue weighted by Gasteiger charge is -2.16. The average Bonchev–Trinajstić information content (AvgIpc) is 3.01. The van der Waals surface area contributed by atoms with Crippen molar-refractivity contribution in [3.63, 3.8) is 0 Å². The van der Waals surface area contributed by atoms with E-state index in [2.05, 4.69) is 33.4 Å². The first-order chi connectivity index (χ1) is 9.24. The van der Waals surface area contributed by atoms with Gasteiger partial charge in [0.1, 0.15) is 11.9 Å². The number of fused-ring (bicyclic) bond motifs is 1. The Balaban J connectivity index is 1.48. The Labute approximate surface area is 122 Å². The van der Waals surface area contributed by atoms with Crippen LogP contribution in [0.2, 0.25) is 0 Å². The van der Waals surface area contributed by atoms with E-state index in [1.54, 1.807) is 0 Å². The molecule has 1 fully saturated rings. The van der Waals surface area contributed by atoms with Crippen LogP contribution in [0.4, 0.5) is 0 Å². The lowest BCUT2D eigenvalue weighted by molar-refractivity contribution is 0.106. The topological polar surface area (TPSA) is 30.5 Å². The molecule has 1 saturated carbocycles. The Hall–Kier alpha value is -0.580. The van der Waals surface area contributed by atoms with Crippen LogP contribution >= 0.6 is 15.9 Å². The van der Waals surface area contributed by atoms with E-state index in [-0.39, 0.29) is 6.10 Å². The number of hydrogen-bond acceptors (Lipinski definition) is 3. The van der Waals surface area contributed by atoms with E-state index in [1.807, 2.05) is 13.2 Å². The number of halogens is 1. The summed E-state index contributed by atoms with van der Waals surface area (Å²) in [5.41, 5.74) is 1.31. The zero-order valence-corrected chi connectivity index (χ0v) is 12.8. The van der Waals surface area contributed by atoms with Gasteiger partial charge in [0.15, 0.2) is 0 Å². The van der Waals surface area contributed by atoms with E-state index in [0.717, 1.165) is 29.6 Å². The van der Waals surface area contributed by atoms with Gasteiger partial charge >= 0.3 is 0 Å². The molecule has 0 aromatic heterocycles. The third kappa shape index (κ3) is 3.12. The molecule has 1 aliphatic heterocycles. The van der Waals surface area contributed by atoms with Crippen molar-refractivity contribution in [3.8, 4) is 5.75 Å². The molecule has 0 bridgehead atoms. The Morgan fingerprint density at radius 1 is 1.42 bits per heavy atom. The van der Waals surface area contributed by atoms with Crippen molar-refractivity contribution >= 4 is 15.9 Å². The minimum Gasteiger partial charge on any atom is -0.488 e. The Morgan fingerprint density at radius 2 is 2.32 bits per heavy atom. The van der Waals surface area contributed by atoms with Gasteiger partial charge in [-0.3, -0.25) is 0 Å². The first kappa shape index (κ1) is 13.4. The van der Waals surface area contributed by atoms with Crippen molar-refractivity contribution in [1.82, 2.24) is 5.32 Å². The molecule has 3 nitrogen and oxygen atoms in total. The smallest absolute Gasteiger partial charge is 0.123 e. The molecular formula is C15H20BrNO2. The SMILES string of the molecule is COC1CCC(NCC2Cc3cc(Br)ccc3O2)C1. The predicted molar refractivity (Wildman–Crippen MR) is 78.7 cm³/mol. The molecule has 0 radical (unpaired) electrons. The van der Waals surface area contributed by atoms with E-state index in [1.165, 1.54) is 18.4 Å². The summed E-state index contributed by atoms with van der Waals surface area (Å²) in [6.07, 6.45) is 5.22. The Kier molecular flexibility index (Phi) is 4.10. The lowest BCUT2D eigenvalue weighted by Crippen LogP contribution is -2.36. The van der Waals surface area contributed by atoms with Crippen molar-refractivity contribution in [1.29, 1.82) is 0 Å². The number of hydrogen-bond donors (Lipinski definition) is 1. The molecule has 19 heavy (non-hydrogen) atoms. The van der Waals surface area contributed by atoms with Gasteiger partial charge in [0.05, 0.1) is 6.10 Å². The van der Waals surface area contributed by atoms with Gasteiger partial charge in [0.25, 0.3) is 0 Å². The second kappa shape index (κ2) is 5.81. The van der Waals surface area contributed by atoms with Gasteiger partial charge in [0, 0.05) is 30.6 Å².